The molecule has 0 unspecified atom stereocenters. The van der Waals surface area contributed by atoms with Gasteiger partial charge in [-0.3, -0.25) is 4.98 Å². The van der Waals surface area contributed by atoms with Gasteiger partial charge in [-0.05, 0) is 30.7 Å². The fraction of sp³-hybridized carbons (Fsp3) is 0.0667. The van der Waals surface area contributed by atoms with Crippen molar-refractivity contribution in [2.24, 2.45) is 0 Å². The average Bonchev–Trinajstić information content (AvgIpc) is 2.46. The second-order valence-electron chi connectivity index (χ2n) is 3.97. The zero-order valence-electron chi connectivity index (χ0n) is 10.2. The van der Waals surface area contributed by atoms with Gasteiger partial charge in [0, 0.05) is 11.8 Å². The van der Waals surface area contributed by atoms with E-state index in [4.69, 9.17) is 11.8 Å². The van der Waals surface area contributed by atoms with Crippen molar-refractivity contribution < 1.29 is 0 Å². The first-order valence-electron chi connectivity index (χ1n) is 5.48. The molecule has 1 aromatic carbocycles. The van der Waals surface area contributed by atoms with Gasteiger partial charge in [-0.15, -0.1) is 0 Å². The summed E-state index contributed by atoms with van der Waals surface area (Å²) >= 11 is 0. The Labute approximate surface area is 111 Å². The highest BCUT2D eigenvalue weighted by Gasteiger charge is 2.13. The van der Waals surface area contributed by atoms with Gasteiger partial charge in [-0.2, -0.15) is 10.5 Å². The maximum absolute atomic E-state index is 9.20. The Kier molecular flexibility index (Phi) is 3.24. The number of pyridine rings is 1. The second kappa shape index (κ2) is 5.00. The van der Waals surface area contributed by atoms with Gasteiger partial charge >= 0.3 is 0 Å². The van der Waals surface area contributed by atoms with Gasteiger partial charge in [0.05, 0.1) is 29.5 Å². The van der Waals surface area contributed by atoms with Crippen molar-refractivity contribution in [3.8, 4) is 23.4 Å². The quantitative estimate of drug-likeness (QED) is 0.722. The number of nitrogens with zero attached hydrogens (tertiary/aromatic N) is 4. The Morgan fingerprint density at radius 3 is 2.53 bits per heavy atom. The summed E-state index contributed by atoms with van der Waals surface area (Å²) in [6.45, 7) is 8.96. The van der Waals surface area contributed by atoms with Gasteiger partial charge in [-0.25, -0.2) is 4.85 Å². The number of nitriles is 2. The van der Waals surface area contributed by atoms with Crippen LogP contribution in [0, 0.1) is 36.2 Å². The number of benzene rings is 1. The number of rotatable bonds is 1. The summed E-state index contributed by atoms with van der Waals surface area (Å²) < 4.78 is 0. The van der Waals surface area contributed by atoms with Crippen molar-refractivity contribution >= 4 is 5.69 Å². The summed E-state index contributed by atoms with van der Waals surface area (Å²) in [7, 11) is 0. The lowest BCUT2D eigenvalue weighted by Gasteiger charge is -2.06. The molecule has 4 heteroatoms. The van der Waals surface area contributed by atoms with E-state index in [2.05, 4.69) is 9.83 Å². The van der Waals surface area contributed by atoms with Crippen LogP contribution < -0.4 is 0 Å². The molecule has 0 fully saturated rings. The van der Waals surface area contributed by atoms with Crippen LogP contribution in [0.2, 0.25) is 0 Å². The van der Waals surface area contributed by atoms with E-state index < -0.39 is 0 Å². The monoisotopic (exact) mass is 244 g/mol. The molecule has 0 saturated carbocycles. The molecule has 0 N–H and O–H groups in total. The van der Waals surface area contributed by atoms with Crippen molar-refractivity contribution in [1.29, 1.82) is 10.5 Å². The molecule has 0 amide bonds. The summed E-state index contributed by atoms with van der Waals surface area (Å²) in [4.78, 5) is 7.56. The third-order valence-electron chi connectivity index (χ3n) is 2.67. The molecule has 0 aliphatic rings. The smallest absolute Gasteiger partial charge is 0.189 e. The largest absolute Gasteiger partial charge is 0.256 e. The van der Waals surface area contributed by atoms with Crippen molar-refractivity contribution in [2.45, 2.75) is 6.92 Å². The third-order valence-corrected chi connectivity index (χ3v) is 2.67. The zero-order valence-corrected chi connectivity index (χ0v) is 10.2. The molecular formula is C15H8N4. The van der Waals surface area contributed by atoms with Gasteiger partial charge in [-0.1, -0.05) is 6.07 Å². The van der Waals surface area contributed by atoms with Crippen molar-refractivity contribution in [1.82, 2.24) is 4.98 Å². The molecule has 0 atom stereocenters. The predicted molar refractivity (Wildman–Crippen MR) is 70.1 cm³/mol. The van der Waals surface area contributed by atoms with Crippen LogP contribution in [0.25, 0.3) is 16.1 Å². The lowest BCUT2D eigenvalue weighted by molar-refractivity contribution is 1.26. The summed E-state index contributed by atoms with van der Waals surface area (Å²) in [6.07, 6.45) is 1.69. The average molecular weight is 244 g/mol. The van der Waals surface area contributed by atoms with E-state index in [-0.39, 0.29) is 11.1 Å². The van der Waals surface area contributed by atoms with Crippen LogP contribution in [-0.2, 0) is 0 Å². The maximum atomic E-state index is 9.20. The minimum absolute atomic E-state index is 0.202. The Balaban J connectivity index is 2.76. The Morgan fingerprint density at radius 1 is 1.21 bits per heavy atom. The highest BCUT2D eigenvalue weighted by atomic mass is 14.7. The SMILES string of the molecule is [C-]#[N+]c1cc(C#N)c(C#N)c(-c2ccc(C)cn2)c1. The molecule has 2 rings (SSSR count). The third kappa shape index (κ3) is 2.27. The van der Waals surface area contributed by atoms with Crippen LogP contribution in [0.3, 0.4) is 0 Å². The molecule has 19 heavy (non-hydrogen) atoms. The fourth-order valence-electron chi connectivity index (χ4n) is 1.73. The molecule has 1 heterocycles. The normalized spacial score (nSPS) is 9.16. The van der Waals surface area contributed by atoms with E-state index in [9.17, 15) is 5.26 Å². The maximum Gasteiger partial charge on any atom is 0.189 e. The minimum atomic E-state index is 0.202. The summed E-state index contributed by atoms with van der Waals surface area (Å²) in [6, 6.07) is 10.6. The summed E-state index contributed by atoms with van der Waals surface area (Å²) in [5, 5.41) is 18.3. The molecule has 4 nitrogen and oxygen atoms in total. The molecule has 0 bridgehead atoms. The van der Waals surface area contributed by atoms with Crippen molar-refractivity contribution in [3.05, 3.63) is 58.6 Å². The highest BCUT2D eigenvalue weighted by molar-refractivity contribution is 5.76. The Hall–Kier alpha value is -3.16. The molecule has 1 aromatic heterocycles. The van der Waals surface area contributed by atoms with Crippen LogP contribution in [0.15, 0.2) is 30.5 Å². The van der Waals surface area contributed by atoms with Crippen LogP contribution in [0.1, 0.15) is 16.7 Å². The lowest BCUT2D eigenvalue weighted by atomic mass is 9.98. The van der Waals surface area contributed by atoms with Gasteiger partial charge in [0.2, 0.25) is 0 Å². The van der Waals surface area contributed by atoms with Crippen LogP contribution in [0.5, 0.6) is 0 Å². The lowest BCUT2D eigenvalue weighted by Crippen LogP contribution is -1.92. The van der Waals surface area contributed by atoms with Gasteiger partial charge in [0.1, 0.15) is 6.07 Å². The second-order valence-corrected chi connectivity index (χ2v) is 3.97. The molecule has 0 aliphatic carbocycles. The van der Waals surface area contributed by atoms with Crippen LogP contribution in [0.4, 0.5) is 5.69 Å². The Morgan fingerprint density at radius 2 is 2.00 bits per heavy atom. The molecule has 0 radical (unpaired) electrons. The fourth-order valence-corrected chi connectivity index (χ4v) is 1.73. The van der Waals surface area contributed by atoms with Crippen LogP contribution >= 0.6 is 0 Å². The van der Waals surface area contributed by atoms with E-state index in [0.29, 0.717) is 16.9 Å². The highest BCUT2D eigenvalue weighted by Crippen LogP contribution is 2.29. The summed E-state index contributed by atoms with van der Waals surface area (Å²) in [5.41, 5.74) is 2.90. The molecule has 0 aliphatic heterocycles. The van der Waals surface area contributed by atoms with E-state index >= 15 is 0 Å². The number of hydrogen-bond acceptors (Lipinski definition) is 3. The molecule has 0 spiro atoms. The van der Waals surface area contributed by atoms with Crippen LogP contribution in [-0.4, -0.2) is 4.98 Å². The number of aromatic nitrogens is 1. The summed E-state index contributed by atoms with van der Waals surface area (Å²) in [5.74, 6) is 0. The standard InChI is InChI=1S/C15H8N4/c1-10-3-4-15(19-9-10)13-6-12(18-2)5-11(7-16)14(13)8-17/h3-6,9H,1H3. The number of aryl methyl sites for hydroxylation is 1. The predicted octanol–water partition coefficient (Wildman–Crippen LogP) is 3.35. The first-order valence-corrected chi connectivity index (χ1v) is 5.48. The zero-order chi connectivity index (χ0) is 13.8. The molecule has 2 aromatic rings. The first kappa shape index (κ1) is 12.3. The van der Waals surface area contributed by atoms with E-state index in [1.807, 2.05) is 25.1 Å². The van der Waals surface area contributed by atoms with Gasteiger partial charge in [0.15, 0.2) is 5.69 Å². The van der Waals surface area contributed by atoms with E-state index in [0.717, 1.165) is 5.56 Å². The van der Waals surface area contributed by atoms with Crippen molar-refractivity contribution in [3.63, 3.8) is 0 Å². The van der Waals surface area contributed by atoms with E-state index in [1.54, 1.807) is 18.3 Å². The molecule has 0 saturated heterocycles. The Bertz CT molecular complexity index is 753. The van der Waals surface area contributed by atoms with Gasteiger partial charge < -0.3 is 0 Å². The molecular weight excluding hydrogens is 236 g/mol. The molecule has 88 valence electrons. The van der Waals surface area contributed by atoms with E-state index in [1.165, 1.54) is 6.07 Å². The van der Waals surface area contributed by atoms with Crippen molar-refractivity contribution in [2.75, 3.05) is 0 Å². The first-order chi connectivity index (χ1) is 9.19. The topological polar surface area (TPSA) is 64.8 Å². The number of hydrogen-bond donors (Lipinski definition) is 0. The minimum Gasteiger partial charge on any atom is -0.256 e. The van der Waals surface area contributed by atoms with Gasteiger partial charge in [0.25, 0.3) is 0 Å².